The summed E-state index contributed by atoms with van der Waals surface area (Å²) in [6.45, 7) is 4.52. The first-order chi connectivity index (χ1) is 10.3. The Balaban J connectivity index is 2.64. The molecule has 0 fully saturated rings. The summed E-state index contributed by atoms with van der Waals surface area (Å²) in [5.41, 5.74) is 2.75. The summed E-state index contributed by atoms with van der Waals surface area (Å²) < 4.78 is 29.5. The molecule has 0 aliphatic heterocycles. The Bertz CT molecular complexity index is 594. The summed E-state index contributed by atoms with van der Waals surface area (Å²) in [5, 5.41) is 2.85. The van der Waals surface area contributed by atoms with Crippen molar-refractivity contribution in [3.8, 4) is 0 Å². The minimum atomic E-state index is -3.35. The second-order valence-corrected chi connectivity index (χ2v) is 7.20. The van der Waals surface area contributed by atoms with Crippen LogP contribution < -0.4 is 5.32 Å². The van der Waals surface area contributed by atoms with Gasteiger partial charge in [-0.1, -0.05) is 18.2 Å². The molecule has 0 aliphatic carbocycles. The van der Waals surface area contributed by atoms with Gasteiger partial charge in [-0.2, -0.15) is 4.31 Å². The molecule has 7 heteroatoms. The minimum Gasteiger partial charge on any atom is -0.383 e. The van der Waals surface area contributed by atoms with Gasteiger partial charge in [-0.3, -0.25) is 4.79 Å². The van der Waals surface area contributed by atoms with Crippen LogP contribution in [0.4, 0.5) is 5.69 Å². The van der Waals surface area contributed by atoms with Crippen LogP contribution in [0.15, 0.2) is 18.2 Å². The largest absolute Gasteiger partial charge is 0.383 e. The van der Waals surface area contributed by atoms with E-state index in [0.29, 0.717) is 6.61 Å². The quantitative estimate of drug-likeness (QED) is 0.785. The van der Waals surface area contributed by atoms with E-state index in [-0.39, 0.29) is 25.4 Å². The molecule has 124 valence electrons. The molecule has 1 N–H and O–H groups in total. The number of aryl methyl sites for hydroxylation is 2. The van der Waals surface area contributed by atoms with Crippen LogP contribution in [0.1, 0.15) is 17.5 Å². The fraction of sp³-hybridized carbons (Fsp3) is 0.533. The maximum atomic E-state index is 12.1. The smallest absolute Gasteiger partial charge is 0.225 e. The molecule has 0 bridgehead atoms. The topological polar surface area (TPSA) is 75.7 Å². The molecular weight excluding hydrogens is 304 g/mol. The van der Waals surface area contributed by atoms with Crippen molar-refractivity contribution in [2.45, 2.75) is 20.3 Å². The predicted octanol–water partition coefficient (Wildman–Crippen LogP) is 1.54. The Kier molecular flexibility index (Phi) is 6.99. The Hall–Kier alpha value is -1.44. The third-order valence-electron chi connectivity index (χ3n) is 3.35. The van der Waals surface area contributed by atoms with Gasteiger partial charge in [-0.15, -0.1) is 0 Å². The first-order valence-corrected chi connectivity index (χ1v) is 8.90. The number of hydrogen-bond donors (Lipinski definition) is 1. The molecule has 0 saturated heterocycles. The van der Waals surface area contributed by atoms with Crippen molar-refractivity contribution in [3.05, 3.63) is 29.3 Å². The molecule has 0 spiro atoms. The molecular formula is C15H24N2O4S. The van der Waals surface area contributed by atoms with Crippen LogP contribution in [0.3, 0.4) is 0 Å². The molecule has 1 rings (SSSR count). The zero-order chi connectivity index (χ0) is 16.8. The van der Waals surface area contributed by atoms with Gasteiger partial charge in [-0.05, 0) is 25.0 Å². The van der Waals surface area contributed by atoms with Crippen molar-refractivity contribution in [2.75, 3.05) is 38.4 Å². The van der Waals surface area contributed by atoms with Crippen LogP contribution in [-0.2, 0) is 19.6 Å². The first kappa shape index (κ1) is 18.6. The van der Waals surface area contributed by atoms with Crippen molar-refractivity contribution in [3.63, 3.8) is 0 Å². The van der Waals surface area contributed by atoms with Crippen molar-refractivity contribution in [1.82, 2.24) is 4.31 Å². The number of carbonyl (C=O) groups excluding carboxylic acids is 1. The van der Waals surface area contributed by atoms with Crippen molar-refractivity contribution in [1.29, 1.82) is 0 Å². The average molecular weight is 328 g/mol. The highest BCUT2D eigenvalue weighted by molar-refractivity contribution is 7.88. The highest BCUT2D eigenvalue weighted by Crippen LogP contribution is 2.19. The number of methoxy groups -OCH3 is 1. The van der Waals surface area contributed by atoms with Crippen LogP contribution in [0.2, 0.25) is 0 Å². The van der Waals surface area contributed by atoms with E-state index in [2.05, 4.69) is 5.32 Å². The van der Waals surface area contributed by atoms with Gasteiger partial charge in [-0.25, -0.2) is 8.42 Å². The van der Waals surface area contributed by atoms with Crippen LogP contribution in [0, 0.1) is 13.8 Å². The summed E-state index contributed by atoms with van der Waals surface area (Å²) >= 11 is 0. The number of benzene rings is 1. The standard InChI is InChI=1S/C15H24N2O4S/c1-12-6-5-7-13(2)15(12)16-14(18)8-9-17(10-11-21-3)22(4,19)20/h5-7H,8-11H2,1-4H3,(H,16,18). The molecule has 1 amide bonds. The number of sulfonamides is 1. The van der Waals surface area contributed by atoms with E-state index in [9.17, 15) is 13.2 Å². The predicted molar refractivity (Wildman–Crippen MR) is 87.5 cm³/mol. The lowest BCUT2D eigenvalue weighted by atomic mass is 10.1. The molecule has 0 aliphatic rings. The van der Waals surface area contributed by atoms with Crippen molar-refractivity contribution >= 4 is 21.6 Å². The number of rotatable bonds is 8. The fourth-order valence-electron chi connectivity index (χ4n) is 2.08. The van der Waals surface area contributed by atoms with Gasteiger partial charge in [0.05, 0.1) is 12.9 Å². The highest BCUT2D eigenvalue weighted by atomic mass is 32.2. The van der Waals surface area contributed by atoms with Crippen molar-refractivity contribution in [2.24, 2.45) is 0 Å². The minimum absolute atomic E-state index is 0.102. The molecule has 0 atom stereocenters. The second kappa shape index (κ2) is 8.26. The molecule has 6 nitrogen and oxygen atoms in total. The molecule has 22 heavy (non-hydrogen) atoms. The van der Waals surface area contributed by atoms with E-state index < -0.39 is 10.0 Å². The third-order valence-corrected chi connectivity index (χ3v) is 4.65. The monoisotopic (exact) mass is 328 g/mol. The van der Waals surface area contributed by atoms with Gasteiger partial charge < -0.3 is 10.1 Å². The Morgan fingerprint density at radius 1 is 1.23 bits per heavy atom. The number of nitrogens with zero attached hydrogens (tertiary/aromatic N) is 1. The van der Waals surface area contributed by atoms with E-state index in [1.54, 1.807) is 0 Å². The summed E-state index contributed by atoms with van der Waals surface area (Å²) in [7, 11) is -1.84. The van der Waals surface area contributed by atoms with Gasteiger partial charge in [0.1, 0.15) is 0 Å². The molecule has 0 saturated carbocycles. The lowest BCUT2D eigenvalue weighted by Gasteiger charge is -2.19. The zero-order valence-corrected chi connectivity index (χ0v) is 14.4. The van der Waals surface area contributed by atoms with Gasteiger partial charge in [0, 0.05) is 32.3 Å². The van der Waals surface area contributed by atoms with Gasteiger partial charge in [0.25, 0.3) is 0 Å². The first-order valence-electron chi connectivity index (χ1n) is 7.06. The Labute approximate surface area is 132 Å². The normalized spacial score (nSPS) is 11.7. The molecule has 0 unspecified atom stereocenters. The lowest BCUT2D eigenvalue weighted by Crippen LogP contribution is -2.35. The number of anilines is 1. The number of para-hydroxylation sites is 1. The van der Waals surface area contributed by atoms with E-state index in [4.69, 9.17) is 4.74 Å². The van der Waals surface area contributed by atoms with Crippen LogP contribution >= 0.6 is 0 Å². The molecule has 0 heterocycles. The fourth-order valence-corrected chi connectivity index (χ4v) is 2.91. The summed E-state index contributed by atoms with van der Waals surface area (Å²) in [6, 6.07) is 5.77. The molecule has 0 aromatic heterocycles. The number of ether oxygens (including phenoxy) is 1. The summed E-state index contributed by atoms with van der Waals surface area (Å²) in [4.78, 5) is 12.1. The zero-order valence-electron chi connectivity index (χ0n) is 13.5. The SMILES string of the molecule is COCCN(CCC(=O)Nc1c(C)cccc1C)S(C)(=O)=O. The van der Waals surface area contributed by atoms with E-state index in [1.165, 1.54) is 11.4 Å². The van der Waals surface area contributed by atoms with E-state index in [0.717, 1.165) is 23.1 Å². The average Bonchev–Trinajstić information content (AvgIpc) is 2.41. The van der Waals surface area contributed by atoms with Crippen LogP contribution in [0.5, 0.6) is 0 Å². The summed E-state index contributed by atoms with van der Waals surface area (Å²) in [6.07, 6.45) is 1.23. The summed E-state index contributed by atoms with van der Waals surface area (Å²) in [5.74, 6) is -0.205. The highest BCUT2D eigenvalue weighted by Gasteiger charge is 2.17. The lowest BCUT2D eigenvalue weighted by molar-refractivity contribution is -0.116. The molecule has 1 aromatic rings. The Morgan fingerprint density at radius 2 is 1.82 bits per heavy atom. The Morgan fingerprint density at radius 3 is 2.32 bits per heavy atom. The van der Waals surface area contributed by atoms with Crippen molar-refractivity contribution < 1.29 is 17.9 Å². The molecule has 0 radical (unpaired) electrons. The van der Waals surface area contributed by atoms with Gasteiger partial charge in [0.15, 0.2) is 0 Å². The van der Waals surface area contributed by atoms with Gasteiger partial charge >= 0.3 is 0 Å². The van der Waals surface area contributed by atoms with E-state index >= 15 is 0 Å². The van der Waals surface area contributed by atoms with E-state index in [1.807, 2.05) is 32.0 Å². The van der Waals surface area contributed by atoms with Crippen LogP contribution in [0.25, 0.3) is 0 Å². The number of nitrogens with one attached hydrogen (secondary N) is 1. The van der Waals surface area contributed by atoms with Gasteiger partial charge in [0.2, 0.25) is 15.9 Å². The van der Waals surface area contributed by atoms with Crippen LogP contribution in [-0.4, -0.2) is 51.7 Å². The maximum absolute atomic E-state index is 12.1. The number of carbonyl (C=O) groups is 1. The number of amides is 1. The second-order valence-electron chi connectivity index (χ2n) is 5.22. The molecule has 1 aromatic carbocycles. The maximum Gasteiger partial charge on any atom is 0.225 e. The third kappa shape index (κ3) is 5.75. The number of hydrogen-bond acceptors (Lipinski definition) is 4.